The first kappa shape index (κ1) is 13.6. The van der Waals surface area contributed by atoms with E-state index in [1.165, 1.54) is 0 Å². The van der Waals surface area contributed by atoms with Crippen LogP contribution in [0.3, 0.4) is 0 Å². The largest absolute Gasteiger partial charge is 0.323 e. The number of nitrogens with zero attached hydrogens (tertiary/aromatic N) is 1. The molecule has 1 aromatic rings. The average molecular weight is 261 g/mol. The van der Waals surface area contributed by atoms with Gasteiger partial charge in [0.2, 0.25) is 0 Å². The number of hydrogen-bond acceptors (Lipinski definition) is 3. The molecule has 0 unspecified atom stereocenters. The van der Waals surface area contributed by atoms with Gasteiger partial charge in [0.1, 0.15) is 0 Å². The lowest BCUT2D eigenvalue weighted by atomic mass is 10.4. The SMILES string of the molecule is Cl.Cl.NNc1cncc(Br)c1. The first-order chi connectivity index (χ1) is 4.33. The zero-order valence-electron chi connectivity index (χ0n) is 5.45. The average Bonchev–Trinajstić information content (AvgIpc) is 1.88. The van der Waals surface area contributed by atoms with E-state index in [4.69, 9.17) is 5.84 Å². The highest BCUT2D eigenvalue weighted by atomic mass is 79.9. The highest BCUT2D eigenvalue weighted by Crippen LogP contribution is 2.11. The second-order valence-electron chi connectivity index (χ2n) is 1.54. The van der Waals surface area contributed by atoms with Gasteiger partial charge in [-0.1, -0.05) is 0 Å². The Morgan fingerprint density at radius 1 is 1.36 bits per heavy atom. The minimum atomic E-state index is 0. The predicted molar refractivity (Wildman–Crippen MR) is 54.2 cm³/mol. The van der Waals surface area contributed by atoms with Gasteiger partial charge in [0.15, 0.2) is 0 Å². The molecule has 1 heterocycles. The molecule has 3 N–H and O–H groups in total. The van der Waals surface area contributed by atoms with Crippen LogP contribution in [0, 0.1) is 0 Å². The van der Waals surface area contributed by atoms with Crippen molar-refractivity contribution in [3.8, 4) is 0 Å². The van der Waals surface area contributed by atoms with Gasteiger partial charge in [-0.3, -0.25) is 10.8 Å². The summed E-state index contributed by atoms with van der Waals surface area (Å²) < 4.78 is 0.915. The first-order valence-electron chi connectivity index (χ1n) is 2.40. The molecule has 0 spiro atoms. The van der Waals surface area contributed by atoms with E-state index >= 15 is 0 Å². The van der Waals surface area contributed by atoms with E-state index in [0.29, 0.717) is 0 Å². The fourth-order valence-corrected chi connectivity index (χ4v) is 0.856. The Hall–Kier alpha value is -0.0300. The number of halogens is 3. The molecule has 0 aliphatic carbocycles. The molecule has 64 valence electrons. The molecule has 0 aromatic carbocycles. The van der Waals surface area contributed by atoms with Crippen LogP contribution in [0.25, 0.3) is 0 Å². The lowest BCUT2D eigenvalue weighted by Gasteiger charge is -1.96. The van der Waals surface area contributed by atoms with Crippen LogP contribution in [0.5, 0.6) is 0 Å². The number of hydrogen-bond donors (Lipinski definition) is 2. The monoisotopic (exact) mass is 259 g/mol. The summed E-state index contributed by atoms with van der Waals surface area (Å²) in [6.07, 6.45) is 3.34. The van der Waals surface area contributed by atoms with Crippen molar-refractivity contribution >= 4 is 46.4 Å². The molecular weight excluding hydrogens is 253 g/mol. The van der Waals surface area contributed by atoms with Crippen molar-refractivity contribution in [3.05, 3.63) is 22.9 Å². The van der Waals surface area contributed by atoms with Gasteiger partial charge in [0.25, 0.3) is 0 Å². The Morgan fingerprint density at radius 2 is 2.00 bits per heavy atom. The Labute approximate surface area is 85.7 Å². The van der Waals surface area contributed by atoms with Gasteiger partial charge in [0, 0.05) is 10.7 Å². The van der Waals surface area contributed by atoms with Crippen molar-refractivity contribution in [2.75, 3.05) is 5.43 Å². The smallest absolute Gasteiger partial charge is 0.0680 e. The van der Waals surface area contributed by atoms with Crippen LogP contribution >= 0.6 is 40.7 Å². The van der Waals surface area contributed by atoms with Gasteiger partial charge in [0.05, 0.1) is 11.9 Å². The molecular formula is C5H8BrCl2N3. The quantitative estimate of drug-likeness (QED) is 0.600. The highest BCUT2D eigenvalue weighted by Gasteiger charge is 1.87. The van der Waals surface area contributed by atoms with Crippen molar-refractivity contribution in [2.45, 2.75) is 0 Å². The normalized spacial score (nSPS) is 7.45. The van der Waals surface area contributed by atoms with Crippen molar-refractivity contribution in [1.82, 2.24) is 4.98 Å². The van der Waals surface area contributed by atoms with Crippen molar-refractivity contribution in [2.24, 2.45) is 5.84 Å². The van der Waals surface area contributed by atoms with Gasteiger partial charge in [-0.2, -0.15) is 0 Å². The molecule has 0 saturated carbocycles. The molecule has 0 radical (unpaired) electrons. The van der Waals surface area contributed by atoms with Crippen LogP contribution in [0.15, 0.2) is 22.9 Å². The van der Waals surface area contributed by atoms with E-state index in [0.717, 1.165) is 10.2 Å². The van der Waals surface area contributed by atoms with Crippen LogP contribution in [0.4, 0.5) is 5.69 Å². The number of nitrogens with one attached hydrogen (secondary N) is 1. The van der Waals surface area contributed by atoms with Gasteiger partial charge < -0.3 is 5.43 Å². The van der Waals surface area contributed by atoms with Crippen LogP contribution in [-0.4, -0.2) is 4.98 Å². The number of nitrogens with two attached hydrogens (primary N) is 1. The van der Waals surface area contributed by atoms with E-state index in [2.05, 4.69) is 26.3 Å². The minimum absolute atomic E-state index is 0. The van der Waals surface area contributed by atoms with E-state index in [9.17, 15) is 0 Å². The summed E-state index contributed by atoms with van der Waals surface area (Å²) in [5.41, 5.74) is 3.27. The summed E-state index contributed by atoms with van der Waals surface area (Å²) in [5.74, 6) is 5.11. The van der Waals surface area contributed by atoms with E-state index in [1.54, 1.807) is 12.4 Å². The number of rotatable bonds is 1. The molecule has 0 aliphatic rings. The molecule has 0 bridgehead atoms. The molecule has 6 heteroatoms. The third kappa shape index (κ3) is 4.42. The third-order valence-corrected chi connectivity index (χ3v) is 1.31. The maximum atomic E-state index is 5.11. The zero-order chi connectivity index (χ0) is 6.69. The van der Waals surface area contributed by atoms with E-state index in [-0.39, 0.29) is 24.8 Å². The van der Waals surface area contributed by atoms with Crippen LogP contribution in [0.2, 0.25) is 0 Å². The summed E-state index contributed by atoms with van der Waals surface area (Å²) in [5, 5.41) is 0. The number of pyridine rings is 1. The Kier molecular flexibility index (Phi) is 8.21. The van der Waals surface area contributed by atoms with E-state index < -0.39 is 0 Å². The van der Waals surface area contributed by atoms with Gasteiger partial charge in [-0.05, 0) is 22.0 Å². The maximum Gasteiger partial charge on any atom is 0.0680 e. The predicted octanol–water partition coefficient (Wildman–Crippen LogP) is 1.97. The summed E-state index contributed by atoms with van der Waals surface area (Å²) >= 11 is 3.24. The molecule has 11 heavy (non-hydrogen) atoms. The third-order valence-electron chi connectivity index (χ3n) is 0.872. The lowest BCUT2D eigenvalue weighted by Crippen LogP contribution is -2.06. The van der Waals surface area contributed by atoms with Crippen molar-refractivity contribution in [3.63, 3.8) is 0 Å². The standard InChI is InChI=1S/C5H6BrN3.2ClH/c6-4-1-5(9-7)3-8-2-4;;/h1-3,9H,7H2;2*1H. The van der Waals surface area contributed by atoms with Crippen LogP contribution in [0.1, 0.15) is 0 Å². The Morgan fingerprint density at radius 3 is 2.36 bits per heavy atom. The number of nitrogen functional groups attached to an aromatic ring is 1. The van der Waals surface area contributed by atoms with Crippen molar-refractivity contribution < 1.29 is 0 Å². The molecule has 1 rings (SSSR count). The van der Waals surface area contributed by atoms with Crippen LogP contribution < -0.4 is 11.3 Å². The number of hydrazine groups is 1. The number of aromatic nitrogens is 1. The van der Waals surface area contributed by atoms with Crippen molar-refractivity contribution in [1.29, 1.82) is 0 Å². The van der Waals surface area contributed by atoms with Gasteiger partial charge >= 0.3 is 0 Å². The fraction of sp³-hybridized carbons (Fsp3) is 0. The Balaban J connectivity index is 0. The second kappa shape index (κ2) is 6.67. The Bertz CT molecular complexity index is 209. The lowest BCUT2D eigenvalue weighted by molar-refractivity contribution is 1.26. The van der Waals surface area contributed by atoms with Gasteiger partial charge in [-0.25, -0.2) is 0 Å². The maximum absolute atomic E-state index is 5.11. The number of anilines is 1. The molecule has 0 saturated heterocycles. The molecule has 0 amide bonds. The summed E-state index contributed by atoms with van der Waals surface area (Å²) in [7, 11) is 0. The highest BCUT2D eigenvalue weighted by molar-refractivity contribution is 9.10. The fourth-order valence-electron chi connectivity index (χ4n) is 0.491. The van der Waals surface area contributed by atoms with E-state index in [1.807, 2.05) is 6.07 Å². The molecule has 0 aliphatic heterocycles. The molecule has 1 aromatic heterocycles. The summed E-state index contributed by atoms with van der Waals surface area (Å²) in [6, 6.07) is 1.84. The second-order valence-corrected chi connectivity index (χ2v) is 2.45. The molecule has 3 nitrogen and oxygen atoms in total. The summed E-state index contributed by atoms with van der Waals surface area (Å²) in [6.45, 7) is 0. The molecule has 0 atom stereocenters. The minimum Gasteiger partial charge on any atom is -0.323 e. The first-order valence-corrected chi connectivity index (χ1v) is 3.19. The molecule has 0 fully saturated rings. The van der Waals surface area contributed by atoms with Gasteiger partial charge in [-0.15, -0.1) is 24.8 Å². The zero-order valence-corrected chi connectivity index (χ0v) is 8.67. The van der Waals surface area contributed by atoms with Crippen LogP contribution in [-0.2, 0) is 0 Å². The summed E-state index contributed by atoms with van der Waals surface area (Å²) in [4.78, 5) is 3.87. The topological polar surface area (TPSA) is 50.9 Å².